The fourth-order valence-electron chi connectivity index (χ4n) is 2.02. The molecule has 1 unspecified atom stereocenters. The summed E-state index contributed by atoms with van der Waals surface area (Å²) in [5.74, 6) is -0.721. The van der Waals surface area contributed by atoms with Gasteiger partial charge in [-0.1, -0.05) is 24.3 Å². The van der Waals surface area contributed by atoms with Crippen LogP contribution < -0.4 is 10.5 Å². The molecule has 4 heteroatoms. The Labute approximate surface area is 110 Å². The van der Waals surface area contributed by atoms with Crippen LogP contribution >= 0.6 is 0 Å². The van der Waals surface area contributed by atoms with Crippen molar-refractivity contribution in [1.82, 2.24) is 0 Å². The van der Waals surface area contributed by atoms with Crippen LogP contribution in [0.5, 0.6) is 5.75 Å². The lowest BCUT2D eigenvalue weighted by Gasteiger charge is -2.27. The number of hydrogen-bond acceptors (Lipinski definition) is 2. The van der Waals surface area contributed by atoms with Gasteiger partial charge in [0.1, 0.15) is 5.82 Å². The van der Waals surface area contributed by atoms with Gasteiger partial charge in [0.2, 0.25) is 0 Å². The summed E-state index contributed by atoms with van der Waals surface area (Å²) in [5, 5.41) is 0. The summed E-state index contributed by atoms with van der Waals surface area (Å²) < 4.78 is 32.1. The molecule has 2 N–H and O–H groups in total. The van der Waals surface area contributed by atoms with E-state index in [-0.39, 0.29) is 11.6 Å². The van der Waals surface area contributed by atoms with Crippen molar-refractivity contribution >= 4 is 0 Å². The molecular weight excluding hydrogens is 248 g/mol. The molecule has 0 aliphatic heterocycles. The fraction of sp³-hybridized carbons (Fsp3) is 0.200. The first-order chi connectivity index (χ1) is 8.96. The number of hydrogen-bond donors (Lipinski definition) is 1. The molecule has 0 bridgehead atoms. The van der Waals surface area contributed by atoms with Crippen LogP contribution in [0.3, 0.4) is 0 Å². The Morgan fingerprint density at radius 1 is 1.05 bits per heavy atom. The van der Waals surface area contributed by atoms with E-state index < -0.39 is 11.4 Å². The third kappa shape index (κ3) is 2.44. The van der Waals surface area contributed by atoms with Crippen LogP contribution in [-0.4, -0.2) is 7.11 Å². The topological polar surface area (TPSA) is 35.2 Å². The lowest BCUT2D eigenvalue weighted by molar-refractivity contribution is 0.379. The van der Waals surface area contributed by atoms with Crippen molar-refractivity contribution in [2.75, 3.05) is 7.11 Å². The van der Waals surface area contributed by atoms with Crippen molar-refractivity contribution in [3.8, 4) is 5.75 Å². The maximum Gasteiger partial charge on any atom is 0.170 e. The Bertz CT molecular complexity index is 579. The molecular formula is C15H15F2NO. The van der Waals surface area contributed by atoms with E-state index in [1.165, 1.54) is 25.3 Å². The van der Waals surface area contributed by atoms with Crippen LogP contribution in [0.15, 0.2) is 42.5 Å². The van der Waals surface area contributed by atoms with Crippen molar-refractivity contribution in [3.05, 3.63) is 65.2 Å². The summed E-state index contributed by atoms with van der Waals surface area (Å²) in [4.78, 5) is 0. The van der Waals surface area contributed by atoms with Crippen molar-refractivity contribution in [1.29, 1.82) is 0 Å². The average molecular weight is 263 g/mol. The molecule has 0 radical (unpaired) electrons. The first kappa shape index (κ1) is 13.5. The lowest BCUT2D eigenvalue weighted by atomic mass is 9.85. The van der Waals surface area contributed by atoms with Gasteiger partial charge in [0.15, 0.2) is 11.6 Å². The zero-order valence-electron chi connectivity index (χ0n) is 10.8. The van der Waals surface area contributed by atoms with Crippen molar-refractivity contribution in [2.24, 2.45) is 5.73 Å². The standard InChI is InChI=1S/C15H15F2NO/c1-15(18,10-6-8-11(16)9-7-10)12-4-3-5-13(19-2)14(12)17/h3-9H,18H2,1-2H3. The van der Waals surface area contributed by atoms with Crippen LogP contribution in [0.25, 0.3) is 0 Å². The molecule has 0 fully saturated rings. The van der Waals surface area contributed by atoms with E-state index in [0.717, 1.165) is 0 Å². The first-order valence-corrected chi connectivity index (χ1v) is 5.84. The van der Waals surface area contributed by atoms with Gasteiger partial charge in [-0.15, -0.1) is 0 Å². The molecule has 2 nitrogen and oxygen atoms in total. The van der Waals surface area contributed by atoms with Gasteiger partial charge in [-0.25, -0.2) is 8.78 Å². The molecule has 0 saturated heterocycles. The van der Waals surface area contributed by atoms with Crippen molar-refractivity contribution in [3.63, 3.8) is 0 Å². The molecule has 2 aromatic rings. The molecule has 2 aromatic carbocycles. The molecule has 0 heterocycles. The normalized spacial score (nSPS) is 13.9. The number of halogens is 2. The fourth-order valence-corrected chi connectivity index (χ4v) is 2.02. The highest BCUT2D eigenvalue weighted by molar-refractivity contribution is 5.42. The van der Waals surface area contributed by atoms with Gasteiger partial charge in [0, 0.05) is 5.56 Å². The minimum atomic E-state index is -1.06. The second-order valence-corrected chi connectivity index (χ2v) is 4.53. The summed E-state index contributed by atoms with van der Waals surface area (Å²) in [6.07, 6.45) is 0. The van der Waals surface area contributed by atoms with E-state index in [9.17, 15) is 8.78 Å². The number of ether oxygens (including phenoxy) is 1. The van der Waals surface area contributed by atoms with Gasteiger partial charge in [0.05, 0.1) is 12.6 Å². The van der Waals surface area contributed by atoms with Gasteiger partial charge in [-0.05, 0) is 30.7 Å². The molecule has 1 atom stereocenters. The minimum Gasteiger partial charge on any atom is -0.494 e. The summed E-state index contributed by atoms with van der Waals surface area (Å²) in [7, 11) is 1.40. The monoisotopic (exact) mass is 263 g/mol. The van der Waals surface area contributed by atoms with E-state index in [1.807, 2.05) is 0 Å². The summed E-state index contributed by atoms with van der Waals surface area (Å²) in [5.41, 5.74) is 6.08. The Hall–Kier alpha value is -1.94. The van der Waals surface area contributed by atoms with Crippen LogP contribution in [0, 0.1) is 11.6 Å². The zero-order valence-corrected chi connectivity index (χ0v) is 10.8. The maximum absolute atomic E-state index is 14.3. The van der Waals surface area contributed by atoms with Crippen molar-refractivity contribution in [2.45, 2.75) is 12.5 Å². The van der Waals surface area contributed by atoms with Gasteiger partial charge in [-0.3, -0.25) is 0 Å². The Kier molecular flexibility index (Phi) is 3.53. The Morgan fingerprint density at radius 3 is 2.26 bits per heavy atom. The van der Waals surface area contributed by atoms with E-state index in [1.54, 1.807) is 31.2 Å². The largest absolute Gasteiger partial charge is 0.494 e. The van der Waals surface area contributed by atoms with E-state index in [2.05, 4.69) is 0 Å². The van der Waals surface area contributed by atoms with E-state index in [4.69, 9.17) is 10.5 Å². The lowest BCUT2D eigenvalue weighted by Crippen LogP contribution is -2.35. The minimum absolute atomic E-state index is 0.135. The highest BCUT2D eigenvalue weighted by atomic mass is 19.1. The Balaban J connectivity index is 2.53. The second-order valence-electron chi connectivity index (χ2n) is 4.53. The average Bonchev–Trinajstić information content (AvgIpc) is 2.39. The predicted octanol–water partition coefficient (Wildman–Crippen LogP) is 3.20. The first-order valence-electron chi connectivity index (χ1n) is 5.84. The predicted molar refractivity (Wildman–Crippen MR) is 70.0 cm³/mol. The van der Waals surface area contributed by atoms with Crippen LogP contribution in [0.1, 0.15) is 18.1 Å². The number of nitrogens with two attached hydrogens (primary N) is 1. The molecule has 19 heavy (non-hydrogen) atoms. The van der Waals surface area contributed by atoms with Gasteiger partial charge in [0.25, 0.3) is 0 Å². The molecule has 0 aliphatic rings. The highest BCUT2D eigenvalue weighted by Gasteiger charge is 2.28. The van der Waals surface area contributed by atoms with Gasteiger partial charge < -0.3 is 10.5 Å². The van der Waals surface area contributed by atoms with Crippen molar-refractivity contribution < 1.29 is 13.5 Å². The quantitative estimate of drug-likeness (QED) is 0.923. The van der Waals surface area contributed by atoms with Crippen LogP contribution in [0.4, 0.5) is 8.78 Å². The number of benzene rings is 2. The number of methoxy groups -OCH3 is 1. The van der Waals surface area contributed by atoms with E-state index >= 15 is 0 Å². The third-order valence-corrected chi connectivity index (χ3v) is 3.19. The summed E-state index contributed by atoms with van der Waals surface area (Å²) >= 11 is 0. The molecule has 2 rings (SSSR count). The SMILES string of the molecule is COc1cccc(C(C)(N)c2ccc(F)cc2)c1F. The number of rotatable bonds is 3. The molecule has 100 valence electrons. The van der Waals surface area contributed by atoms with E-state index in [0.29, 0.717) is 11.1 Å². The molecule has 0 aromatic heterocycles. The third-order valence-electron chi connectivity index (χ3n) is 3.19. The van der Waals surface area contributed by atoms with Gasteiger partial charge in [-0.2, -0.15) is 0 Å². The summed E-state index contributed by atoms with van der Waals surface area (Å²) in [6, 6.07) is 10.5. The summed E-state index contributed by atoms with van der Waals surface area (Å²) in [6.45, 7) is 1.68. The van der Waals surface area contributed by atoms with Crippen LogP contribution in [-0.2, 0) is 5.54 Å². The Morgan fingerprint density at radius 2 is 1.68 bits per heavy atom. The smallest absolute Gasteiger partial charge is 0.170 e. The van der Waals surface area contributed by atoms with Crippen LogP contribution in [0.2, 0.25) is 0 Å². The molecule has 0 aliphatic carbocycles. The highest BCUT2D eigenvalue weighted by Crippen LogP contribution is 2.32. The zero-order chi connectivity index (χ0) is 14.0. The maximum atomic E-state index is 14.3. The molecule has 0 amide bonds. The second kappa shape index (κ2) is 4.97. The van der Waals surface area contributed by atoms with Gasteiger partial charge >= 0.3 is 0 Å². The molecule has 0 spiro atoms. The molecule has 0 saturated carbocycles.